The van der Waals surface area contributed by atoms with Crippen molar-refractivity contribution in [3.63, 3.8) is 0 Å². The van der Waals surface area contributed by atoms with Gasteiger partial charge in [0.05, 0.1) is 40.0 Å². The third-order valence-electron chi connectivity index (χ3n) is 10.3. The van der Waals surface area contributed by atoms with Crippen molar-refractivity contribution < 1.29 is 23.0 Å². The van der Waals surface area contributed by atoms with Crippen LogP contribution in [0.15, 0.2) is 43.0 Å². The van der Waals surface area contributed by atoms with E-state index < -0.39 is 17.5 Å². The lowest BCUT2D eigenvalue weighted by Gasteiger charge is -2.34. The number of alkyl halides is 1. The summed E-state index contributed by atoms with van der Waals surface area (Å²) >= 11 is 1.05. The molecule has 0 spiro atoms. The van der Waals surface area contributed by atoms with Crippen molar-refractivity contribution in [1.29, 1.82) is 5.26 Å². The highest BCUT2D eigenvalue weighted by Crippen LogP contribution is 2.43. The van der Waals surface area contributed by atoms with Gasteiger partial charge in [-0.15, -0.1) is 11.3 Å². The molecule has 2 unspecified atom stereocenters. The predicted octanol–water partition coefficient (Wildman–Crippen LogP) is 5.30. The van der Waals surface area contributed by atoms with Gasteiger partial charge in [-0.2, -0.15) is 15.2 Å². The van der Waals surface area contributed by atoms with Gasteiger partial charge < -0.3 is 25.0 Å². The van der Waals surface area contributed by atoms with Gasteiger partial charge in [-0.25, -0.2) is 8.78 Å². The van der Waals surface area contributed by atoms with Crippen LogP contribution in [-0.4, -0.2) is 96.5 Å². The highest BCUT2D eigenvalue weighted by molar-refractivity contribution is 7.23. The molecule has 3 saturated heterocycles. The quantitative estimate of drug-likeness (QED) is 0.236. The van der Waals surface area contributed by atoms with E-state index in [1.807, 2.05) is 30.1 Å². The van der Waals surface area contributed by atoms with Crippen LogP contribution in [0.1, 0.15) is 31.2 Å². The molecular formula is C35H37F2N7O3S. The number of rotatable bonds is 9. The lowest BCUT2D eigenvalue weighted by atomic mass is 9.95. The van der Waals surface area contributed by atoms with Gasteiger partial charge in [0.2, 0.25) is 5.91 Å². The normalized spacial score (nSPS) is 23.9. The first-order valence-corrected chi connectivity index (χ1v) is 16.9. The number of carbonyl (C=O) groups excluding carboxylic acids is 1. The number of methoxy groups -OCH3 is 1. The molecule has 10 nitrogen and oxygen atoms in total. The topological polar surface area (TPSA) is 121 Å². The molecular weight excluding hydrogens is 636 g/mol. The largest absolute Gasteiger partial charge is 0.461 e. The Hall–Kier alpha value is -4.38. The van der Waals surface area contributed by atoms with E-state index in [-0.39, 0.29) is 41.2 Å². The first-order chi connectivity index (χ1) is 23.2. The second-order valence-corrected chi connectivity index (χ2v) is 14.0. The Morgan fingerprint density at radius 3 is 2.92 bits per heavy atom. The molecule has 3 aliphatic rings. The summed E-state index contributed by atoms with van der Waals surface area (Å²) in [7, 11) is 3.55. The summed E-state index contributed by atoms with van der Waals surface area (Å²) < 4.78 is 41.6. The van der Waals surface area contributed by atoms with E-state index in [4.69, 9.17) is 25.2 Å². The number of benzene rings is 2. The fraction of sp³-hybridized carbons (Fsp3) is 0.429. The second-order valence-electron chi connectivity index (χ2n) is 12.9. The maximum atomic E-state index is 14.9. The summed E-state index contributed by atoms with van der Waals surface area (Å²) in [6, 6.07) is 10.6. The molecule has 1 amide bonds. The zero-order valence-electron chi connectivity index (χ0n) is 26.9. The molecule has 0 saturated carbocycles. The lowest BCUT2D eigenvalue weighted by Crippen LogP contribution is -2.48. The van der Waals surface area contributed by atoms with Crippen molar-refractivity contribution in [3.8, 4) is 23.2 Å². The zero-order chi connectivity index (χ0) is 33.7. The summed E-state index contributed by atoms with van der Waals surface area (Å²) in [6.45, 7) is 6.06. The number of ether oxygens (including phenoxy) is 2. The number of halogens is 2. The van der Waals surface area contributed by atoms with E-state index in [2.05, 4.69) is 17.5 Å². The van der Waals surface area contributed by atoms with Gasteiger partial charge in [-0.1, -0.05) is 18.7 Å². The van der Waals surface area contributed by atoms with Gasteiger partial charge in [-0.3, -0.25) is 9.69 Å². The summed E-state index contributed by atoms with van der Waals surface area (Å²) in [6.07, 6.45) is 3.35. The molecule has 2 N–H and O–H groups in total. The number of thiophene rings is 1. The first kappa shape index (κ1) is 32.2. The van der Waals surface area contributed by atoms with E-state index in [1.165, 1.54) is 12.1 Å². The Morgan fingerprint density at radius 1 is 1.31 bits per heavy atom. The van der Waals surface area contributed by atoms with Crippen LogP contribution in [0.2, 0.25) is 0 Å². The standard InChI is InChI=1S/C35H37F2N7O3S/c1-4-29(45)44-13-10-27(28(44)18-46-3)42(2)33-23-7-6-20(22-8-9-25(37)31-30(22)24(16-38)32(39)48-31)14-26(23)40-34(41-33)47-19-35-11-5-12-43(35)17-21(36)15-35/h4,6-9,14,21,27-28H,1,5,10-13,15,17-19,39H2,2-3H3/t21-,27?,28?,35+/m1/s1. The van der Waals surface area contributed by atoms with E-state index in [0.29, 0.717) is 59.5 Å². The Bertz CT molecular complexity index is 1960. The van der Waals surface area contributed by atoms with Crippen molar-refractivity contribution >= 4 is 49.1 Å². The Kier molecular flexibility index (Phi) is 8.43. The summed E-state index contributed by atoms with van der Waals surface area (Å²) in [4.78, 5) is 28.5. The monoisotopic (exact) mass is 673 g/mol. The van der Waals surface area contributed by atoms with Crippen LogP contribution in [0.5, 0.6) is 6.01 Å². The SMILES string of the molecule is C=CC(=O)N1CCC(N(C)c2nc(OC[C@@]34CCCN3C[C@H](F)C4)nc3cc(-c4ccc(F)c5sc(N)c(C#N)c45)ccc23)C1COC. The van der Waals surface area contributed by atoms with Crippen LogP contribution in [0.4, 0.5) is 19.6 Å². The minimum Gasteiger partial charge on any atom is -0.461 e. The molecule has 5 heterocycles. The summed E-state index contributed by atoms with van der Waals surface area (Å²) in [5, 5.41) is 11.3. The van der Waals surface area contributed by atoms with Gasteiger partial charge in [-0.05, 0) is 61.2 Å². The van der Waals surface area contributed by atoms with Gasteiger partial charge in [0, 0.05) is 44.4 Å². The average molecular weight is 674 g/mol. The molecule has 3 aliphatic heterocycles. The molecule has 48 heavy (non-hydrogen) atoms. The van der Waals surface area contributed by atoms with Crippen molar-refractivity contribution in [2.45, 2.75) is 49.5 Å². The number of hydrogen-bond acceptors (Lipinski definition) is 10. The van der Waals surface area contributed by atoms with Gasteiger partial charge in [0.25, 0.3) is 0 Å². The molecule has 4 atom stereocenters. The van der Waals surface area contributed by atoms with Gasteiger partial charge >= 0.3 is 6.01 Å². The number of fused-ring (bicyclic) bond motifs is 3. The number of nitrogens with two attached hydrogens (primary N) is 1. The number of nitrogen functional groups attached to an aromatic ring is 1. The maximum absolute atomic E-state index is 14.9. The molecule has 2 aromatic carbocycles. The third-order valence-corrected chi connectivity index (χ3v) is 11.3. The van der Waals surface area contributed by atoms with Crippen molar-refractivity contribution in [2.24, 2.45) is 0 Å². The lowest BCUT2D eigenvalue weighted by molar-refractivity contribution is -0.127. The number of nitrogens with zero attached hydrogens (tertiary/aromatic N) is 6. The van der Waals surface area contributed by atoms with Crippen molar-refractivity contribution in [2.75, 3.05) is 57.6 Å². The van der Waals surface area contributed by atoms with Crippen molar-refractivity contribution in [3.05, 3.63) is 54.4 Å². The predicted molar refractivity (Wildman–Crippen MR) is 182 cm³/mol. The minimum atomic E-state index is -0.894. The number of hydrogen-bond donors (Lipinski definition) is 1. The van der Waals surface area contributed by atoms with E-state index in [0.717, 1.165) is 41.7 Å². The van der Waals surface area contributed by atoms with Crippen LogP contribution >= 0.6 is 11.3 Å². The van der Waals surface area contributed by atoms with E-state index >= 15 is 0 Å². The van der Waals surface area contributed by atoms with Crippen molar-refractivity contribution in [1.82, 2.24) is 19.8 Å². The highest BCUT2D eigenvalue weighted by atomic mass is 32.1. The Morgan fingerprint density at radius 2 is 2.15 bits per heavy atom. The number of likely N-dealkylation sites (N-methyl/N-ethyl adjacent to an activating group) is 1. The maximum Gasteiger partial charge on any atom is 0.319 e. The molecule has 13 heteroatoms. The number of amides is 1. The fourth-order valence-corrected chi connectivity index (χ4v) is 8.94. The molecule has 2 aromatic heterocycles. The number of nitriles is 1. The molecule has 3 fully saturated rings. The minimum absolute atomic E-state index is 0.130. The summed E-state index contributed by atoms with van der Waals surface area (Å²) in [5.74, 6) is 0.00938. The number of anilines is 2. The smallest absolute Gasteiger partial charge is 0.319 e. The third kappa shape index (κ3) is 5.32. The molecule has 0 radical (unpaired) electrons. The Labute approximate surface area is 281 Å². The van der Waals surface area contributed by atoms with E-state index in [9.17, 15) is 18.8 Å². The highest BCUT2D eigenvalue weighted by Gasteiger charge is 2.49. The first-order valence-electron chi connectivity index (χ1n) is 16.1. The van der Waals surface area contributed by atoms with Crippen LogP contribution in [-0.2, 0) is 9.53 Å². The number of carbonyl (C=O) groups is 1. The molecule has 250 valence electrons. The van der Waals surface area contributed by atoms with Crippen LogP contribution in [0.25, 0.3) is 32.1 Å². The second kappa shape index (κ2) is 12.6. The fourth-order valence-electron chi connectivity index (χ4n) is 7.99. The Balaban J connectivity index is 1.33. The number of aromatic nitrogens is 2. The molecule has 0 bridgehead atoms. The van der Waals surface area contributed by atoms with Crippen LogP contribution < -0.4 is 15.4 Å². The molecule has 0 aliphatic carbocycles. The van der Waals surface area contributed by atoms with Gasteiger partial charge in [0.1, 0.15) is 35.5 Å². The summed E-state index contributed by atoms with van der Waals surface area (Å²) in [5.41, 5.74) is 7.93. The average Bonchev–Trinajstić information content (AvgIpc) is 3.83. The molecule has 7 rings (SSSR count). The van der Waals surface area contributed by atoms with Crippen LogP contribution in [0, 0.1) is 17.1 Å². The number of likely N-dealkylation sites (tertiary alicyclic amines) is 1. The van der Waals surface area contributed by atoms with E-state index in [1.54, 1.807) is 18.1 Å². The van der Waals surface area contributed by atoms with Crippen LogP contribution in [0.3, 0.4) is 0 Å². The molecule has 4 aromatic rings. The zero-order valence-corrected chi connectivity index (χ0v) is 27.7. The van der Waals surface area contributed by atoms with Gasteiger partial charge in [0.15, 0.2) is 0 Å².